The Morgan fingerprint density at radius 2 is 1.79 bits per heavy atom. The minimum Gasteiger partial charge on any atom is -0.422 e. The second kappa shape index (κ2) is 7.43. The standard InChI is InChI=1S/C18H15BrN2O5S2/c19-15-5-6-16(27-15)28(24,25)21-9-7-20(8-10-21)17(22)13-11-12-3-1-2-4-14(12)26-18(13)23/h1-6,11H,7-10H2. The Kier molecular flexibility index (Phi) is 5.13. The van der Waals surface area contributed by atoms with Crippen molar-refractivity contribution < 1.29 is 17.6 Å². The van der Waals surface area contributed by atoms with Gasteiger partial charge in [0.2, 0.25) is 0 Å². The zero-order chi connectivity index (χ0) is 19.9. The van der Waals surface area contributed by atoms with Crippen LogP contribution in [0.5, 0.6) is 0 Å². The van der Waals surface area contributed by atoms with Gasteiger partial charge in [0.05, 0.1) is 3.79 Å². The van der Waals surface area contributed by atoms with Crippen molar-refractivity contribution in [2.45, 2.75) is 4.21 Å². The number of hydrogen-bond donors (Lipinski definition) is 0. The molecule has 28 heavy (non-hydrogen) atoms. The maximum atomic E-state index is 12.8. The Bertz CT molecular complexity index is 1210. The molecule has 1 saturated heterocycles. The van der Waals surface area contributed by atoms with Crippen LogP contribution in [0, 0.1) is 0 Å². The van der Waals surface area contributed by atoms with E-state index in [0.717, 1.165) is 15.1 Å². The van der Waals surface area contributed by atoms with E-state index in [2.05, 4.69) is 15.9 Å². The van der Waals surface area contributed by atoms with Gasteiger partial charge >= 0.3 is 5.63 Å². The first-order chi connectivity index (χ1) is 13.4. The van der Waals surface area contributed by atoms with Crippen LogP contribution >= 0.6 is 27.3 Å². The van der Waals surface area contributed by atoms with Gasteiger partial charge in [-0.15, -0.1) is 11.3 Å². The summed E-state index contributed by atoms with van der Waals surface area (Å²) < 4.78 is 33.0. The summed E-state index contributed by atoms with van der Waals surface area (Å²) in [6, 6.07) is 11.7. The summed E-state index contributed by atoms with van der Waals surface area (Å²) in [5.41, 5.74) is -0.318. The normalized spacial score (nSPS) is 15.8. The van der Waals surface area contributed by atoms with Crippen LogP contribution in [-0.2, 0) is 10.0 Å². The van der Waals surface area contributed by atoms with Crippen molar-refractivity contribution in [1.29, 1.82) is 0 Å². The second-order valence-corrected chi connectivity index (χ2v) is 10.9. The Morgan fingerprint density at radius 3 is 2.46 bits per heavy atom. The lowest BCUT2D eigenvalue weighted by Gasteiger charge is -2.33. The first-order valence-electron chi connectivity index (χ1n) is 8.44. The molecular weight excluding hydrogens is 468 g/mol. The molecule has 3 heterocycles. The Morgan fingerprint density at radius 1 is 1.07 bits per heavy atom. The number of hydrogen-bond acceptors (Lipinski definition) is 6. The van der Waals surface area contributed by atoms with Gasteiger partial charge in [-0.3, -0.25) is 4.79 Å². The predicted molar refractivity (Wildman–Crippen MR) is 109 cm³/mol. The molecular formula is C18H15BrN2O5S2. The zero-order valence-corrected chi connectivity index (χ0v) is 17.7. The number of sulfonamides is 1. The number of nitrogens with zero attached hydrogens (tertiary/aromatic N) is 2. The van der Waals surface area contributed by atoms with Crippen LogP contribution in [0.15, 0.2) is 59.7 Å². The van der Waals surface area contributed by atoms with Crippen molar-refractivity contribution in [3.63, 3.8) is 0 Å². The maximum Gasteiger partial charge on any atom is 0.349 e. The van der Waals surface area contributed by atoms with Gasteiger partial charge in [-0.25, -0.2) is 13.2 Å². The van der Waals surface area contributed by atoms with E-state index in [0.29, 0.717) is 11.0 Å². The van der Waals surface area contributed by atoms with E-state index >= 15 is 0 Å². The van der Waals surface area contributed by atoms with E-state index in [4.69, 9.17) is 4.42 Å². The molecule has 0 unspecified atom stereocenters. The summed E-state index contributed by atoms with van der Waals surface area (Å²) in [4.78, 5) is 26.5. The zero-order valence-electron chi connectivity index (χ0n) is 14.5. The van der Waals surface area contributed by atoms with Crippen LogP contribution < -0.4 is 5.63 Å². The molecule has 7 nitrogen and oxygen atoms in total. The molecule has 0 radical (unpaired) electrons. The largest absolute Gasteiger partial charge is 0.422 e. The summed E-state index contributed by atoms with van der Waals surface area (Å²) in [6.07, 6.45) is 0. The first kappa shape index (κ1) is 19.3. The Hall–Kier alpha value is -2.01. The highest BCUT2D eigenvalue weighted by molar-refractivity contribution is 9.11. The number of fused-ring (bicyclic) bond motifs is 1. The van der Waals surface area contributed by atoms with E-state index in [9.17, 15) is 18.0 Å². The van der Waals surface area contributed by atoms with E-state index in [-0.39, 0.29) is 36.0 Å². The summed E-state index contributed by atoms with van der Waals surface area (Å²) in [5.74, 6) is -0.449. The van der Waals surface area contributed by atoms with Gasteiger partial charge in [0.15, 0.2) is 0 Å². The number of rotatable bonds is 3. The van der Waals surface area contributed by atoms with Gasteiger partial charge in [0, 0.05) is 31.6 Å². The van der Waals surface area contributed by atoms with E-state index in [1.807, 2.05) is 0 Å². The SMILES string of the molecule is O=C(c1cc2ccccc2oc1=O)N1CCN(S(=O)(=O)c2ccc(Br)s2)CC1. The third-order valence-corrected chi connectivity index (χ3v) is 8.53. The second-order valence-electron chi connectivity index (χ2n) is 6.24. The number of carbonyl (C=O) groups excluding carboxylic acids is 1. The molecule has 1 aliphatic heterocycles. The van der Waals surface area contributed by atoms with Crippen molar-refractivity contribution in [3.8, 4) is 0 Å². The minimum absolute atomic E-state index is 0.0443. The Balaban J connectivity index is 1.52. The highest BCUT2D eigenvalue weighted by Crippen LogP contribution is 2.29. The molecule has 1 aromatic carbocycles. The molecule has 0 spiro atoms. The van der Waals surface area contributed by atoms with Crippen LogP contribution in [0.1, 0.15) is 10.4 Å². The molecule has 1 aliphatic rings. The fourth-order valence-electron chi connectivity index (χ4n) is 3.08. The number of piperazine rings is 1. The van der Waals surface area contributed by atoms with Crippen LogP contribution in [0.4, 0.5) is 0 Å². The summed E-state index contributed by atoms with van der Waals surface area (Å²) in [6.45, 7) is 0.749. The number of para-hydroxylation sites is 1. The summed E-state index contributed by atoms with van der Waals surface area (Å²) >= 11 is 4.42. The number of amides is 1. The lowest BCUT2D eigenvalue weighted by molar-refractivity contribution is 0.0694. The molecule has 146 valence electrons. The molecule has 0 N–H and O–H groups in total. The molecule has 2 aromatic heterocycles. The van der Waals surface area contributed by atoms with E-state index < -0.39 is 21.6 Å². The highest BCUT2D eigenvalue weighted by Gasteiger charge is 2.32. The molecule has 3 aromatic rings. The van der Waals surface area contributed by atoms with E-state index in [1.54, 1.807) is 36.4 Å². The highest BCUT2D eigenvalue weighted by atomic mass is 79.9. The molecule has 1 amide bonds. The molecule has 1 fully saturated rings. The predicted octanol–water partition coefficient (Wildman–Crippen LogP) is 2.76. The molecule has 0 atom stereocenters. The smallest absolute Gasteiger partial charge is 0.349 e. The fraction of sp³-hybridized carbons (Fsp3) is 0.222. The van der Waals surface area contributed by atoms with Gasteiger partial charge in [0.25, 0.3) is 15.9 Å². The van der Waals surface area contributed by atoms with Gasteiger partial charge in [-0.2, -0.15) is 4.31 Å². The molecule has 4 rings (SSSR count). The fourth-order valence-corrected chi connectivity index (χ4v) is 6.66. The molecule has 10 heteroatoms. The topological polar surface area (TPSA) is 87.9 Å². The van der Waals surface area contributed by atoms with Crippen LogP contribution in [-0.4, -0.2) is 49.7 Å². The lowest BCUT2D eigenvalue weighted by Crippen LogP contribution is -2.51. The van der Waals surface area contributed by atoms with Crippen LogP contribution in [0.25, 0.3) is 11.0 Å². The van der Waals surface area contributed by atoms with Crippen LogP contribution in [0.2, 0.25) is 0 Å². The van der Waals surface area contributed by atoms with Crippen molar-refractivity contribution in [2.24, 2.45) is 0 Å². The number of thiophene rings is 1. The quantitative estimate of drug-likeness (QED) is 0.535. The van der Waals surface area contributed by atoms with Crippen molar-refractivity contribution in [2.75, 3.05) is 26.2 Å². The average Bonchev–Trinajstić information content (AvgIpc) is 3.14. The molecule has 0 bridgehead atoms. The lowest BCUT2D eigenvalue weighted by atomic mass is 10.1. The third kappa shape index (κ3) is 3.52. The molecule has 0 aliphatic carbocycles. The van der Waals surface area contributed by atoms with Gasteiger partial charge in [-0.05, 0) is 40.2 Å². The maximum absolute atomic E-state index is 12.8. The number of halogens is 1. The third-order valence-electron chi connectivity index (χ3n) is 4.54. The number of carbonyl (C=O) groups is 1. The van der Waals surface area contributed by atoms with Gasteiger partial charge in [0.1, 0.15) is 15.4 Å². The molecule has 0 saturated carbocycles. The minimum atomic E-state index is -3.59. The van der Waals surface area contributed by atoms with Crippen molar-refractivity contribution in [3.05, 3.63) is 62.2 Å². The first-order valence-corrected chi connectivity index (χ1v) is 11.5. The number of benzene rings is 1. The van der Waals surface area contributed by atoms with Crippen LogP contribution in [0.3, 0.4) is 0 Å². The van der Waals surface area contributed by atoms with Crippen molar-refractivity contribution in [1.82, 2.24) is 9.21 Å². The summed E-state index contributed by atoms with van der Waals surface area (Å²) in [7, 11) is -3.59. The monoisotopic (exact) mass is 482 g/mol. The van der Waals surface area contributed by atoms with Gasteiger partial charge < -0.3 is 9.32 Å². The van der Waals surface area contributed by atoms with Crippen molar-refractivity contribution >= 4 is 54.2 Å². The summed E-state index contributed by atoms with van der Waals surface area (Å²) in [5, 5.41) is 0.662. The van der Waals surface area contributed by atoms with E-state index in [1.165, 1.54) is 15.3 Å². The average molecular weight is 483 g/mol. The van der Waals surface area contributed by atoms with Gasteiger partial charge in [-0.1, -0.05) is 18.2 Å². The Labute approximate surface area is 173 Å².